The van der Waals surface area contributed by atoms with E-state index in [0.717, 1.165) is 11.3 Å². The van der Waals surface area contributed by atoms with Crippen LogP contribution in [0, 0.1) is 17.0 Å². The van der Waals surface area contributed by atoms with Gasteiger partial charge in [0.1, 0.15) is 5.75 Å². The summed E-state index contributed by atoms with van der Waals surface area (Å²) < 4.78 is 6.99. The topological polar surface area (TPSA) is 124 Å². The quantitative estimate of drug-likeness (QED) is 0.341. The number of benzene rings is 2. The molecule has 2 heterocycles. The maximum atomic E-state index is 13.5. The van der Waals surface area contributed by atoms with Crippen LogP contribution >= 0.6 is 11.3 Å². The third-order valence-corrected chi connectivity index (χ3v) is 6.44. The smallest absolute Gasteiger partial charge is 0.338 e. The molecule has 0 unspecified atom stereocenters. The summed E-state index contributed by atoms with van der Waals surface area (Å²) in [6, 6.07) is 10.1. The highest BCUT2D eigenvalue weighted by Gasteiger charge is 2.34. The molecule has 10 heteroatoms. The van der Waals surface area contributed by atoms with Gasteiger partial charge in [0.25, 0.3) is 11.2 Å². The average Bonchev–Trinajstić information content (AvgIpc) is 3.09. The summed E-state index contributed by atoms with van der Waals surface area (Å²) in [4.78, 5) is 42.4. The molecule has 0 saturated heterocycles. The summed E-state index contributed by atoms with van der Waals surface area (Å²) in [5.41, 5.74) is 1.61. The van der Waals surface area contributed by atoms with Crippen molar-refractivity contribution < 1.29 is 19.6 Å². The lowest BCUT2D eigenvalue weighted by atomic mass is 9.94. The molecule has 0 bridgehead atoms. The van der Waals surface area contributed by atoms with Crippen molar-refractivity contribution in [2.75, 3.05) is 6.61 Å². The number of aromatic nitrogens is 1. The molecule has 174 valence electrons. The molecule has 0 amide bonds. The molecule has 1 aliphatic heterocycles. The normalized spacial score (nSPS) is 15.6. The van der Waals surface area contributed by atoms with Crippen molar-refractivity contribution >= 4 is 29.1 Å². The Morgan fingerprint density at radius 1 is 1.26 bits per heavy atom. The van der Waals surface area contributed by atoms with Gasteiger partial charge in [0.15, 0.2) is 4.80 Å². The van der Waals surface area contributed by atoms with E-state index in [1.165, 1.54) is 22.8 Å². The van der Waals surface area contributed by atoms with E-state index < -0.39 is 16.9 Å². The number of thiazole rings is 1. The Morgan fingerprint density at radius 3 is 2.62 bits per heavy atom. The Morgan fingerprint density at radius 2 is 1.97 bits per heavy atom. The van der Waals surface area contributed by atoms with Gasteiger partial charge < -0.3 is 9.84 Å². The molecule has 9 nitrogen and oxygen atoms in total. The maximum Gasteiger partial charge on any atom is 0.338 e. The Balaban J connectivity index is 1.98. The molecule has 3 aromatic rings. The van der Waals surface area contributed by atoms with Crippen LogP contribution in [0.1, 0.15) is 36.6 Å². The fourth-order valence-corrected chi connectivity index (χ4v) is 4.87. The van der Waals surface area contributed by atoms with Crippen LogP contribution < -0.4 is 14.9 Å². The Labute approximate surface area is 197 Å². The number of ether oxygens (including phenoxy) is 1. The van der Waals surface area contributed by atoms with Gasteiger partial charge in [0.2, 0.25) is 0 Å². The second-order valence-electron chi connectivity index (χ2n) is 7.70. The van der Waals surface area contributed by atoms with Crippen LogP contribution in [0.15, 0.2) is 63.5 Å². The lowest BCUT2D eigenvalue weighted by Gasteiger charge is -2.24. The highest BCUT2D eigenvalue weighted by atomic mass is 32.1. The zero-order valence-corrected chi connectivity index (χ0v) is 19.5. The highest BCUT2D eigenvalue weighted by molar-refractivity contribution is 7.07. The van der Waals surface area contributed by atoms with Gasteiger partial charge in [-0.25, -0.2) is 9.79 Å². The van der Waals surface area contributed by atoms with Crippen molar-refractivity contribution in [3.8, 4) is 5.75 Å². The van der Waals surface area contributed by atoms with Crippen LogP contribution in [0.2, 0.25) is 0 Å². The molecule has 0 aliphatic carbocycles. The lowest BCUT2D eigenvalue weighted by Crippen LogP contribution is -2.40. The van der Waals surface area contributed by atoms with Crippen molar-refractivity contribution in [3.05, 3.63) is 100 Å². The molecular formula is C24H21N3O6S. The van der Waals surface area contributed by atoms with Gasteiger partial charge in [-0.2, -0.15) is 0 Å². The van der Waals surface area contributed by atoms with Crippen LogP contribution in [-0.4, -0.2) is 27.2 Å². The number of carbonyl (C=O) groups excluding carboxylic acids is 1. The van der Waals surface area contributed by atoms with Crippen LogP contribution in [0.25, 0.3) is 6.08 Å². The molecule has 0 radical (unpaired) electrons. The fraction of sp³-hybridized carbons (Fsp3) is 0.208. The van der Waals surface area contributed by atoms with Gasteiger partial charge in [-0.15, -0.1) is 0 Å². The zero-order chi connectivity index (χ0) is 24.6. The van der Waals surface area contributed by atoms with Crippen molar-refractivity contribution in [3.63, 3.8) is 0 Å². The molecule has 1 aliphatic rings. The van der Waals surface area contributed by atoms with Gasteiger partial charge in [-0.1, -0.05) is 35.6 Å². The zero-order valence-electron chi connectivity index (χ0n) is 18.6. The molecule has 0 spiro atoms. The molecule has 1 N–H and O–H groups in total. The molecule has 0 fully saturated rings. The van der Waals surface area contributed by atoms with E-state index in [4.69, 9.17) is 4.74 Å². The van der Waals surface area contributed by atoms with Gasteiger partial charge in [-0.3, -0.25) is 19.5 Å². The van der Waals surface area contributed by atoms with E-state index in [9.17, 15) is 24.8 Å². The average molecular weight is 480 g/mol. The number of rotatable bonds is 5. The number of aromatic hydroxyl groups is 1. The number of nitro groups is 1. The third kappa shape index (κ3) is 4.15. The number of nitrogens with zero attached hydrogens (tertiary/aromatic N) is 3. The summed E-state index contributed by atoms with van der Waals surface area (Å²) in [6.07, 6.45) is 1.67. The number of carbonyl (C=O) groups is 1. The van der Waals surface area contributed by atoms with E-state index in [1.54, 1.807) is 51.1 Å². The minimum Gasteiger partial charge on any atom is -0.508 e. The van der Waals surface area contributed by atoms with E-state index in [1.807, 2.05) is 0 Å². The van der Waals surface area contributed by atoms with Crippen LogP contribution in [-0.2, 0) is 9.53 Å². The largest absolute Gasteiger partial charge is 0.508 e. The number of aryl methyl sites for hydroxylation is 1. The predicted molar refractivity (Wildman–Crippen MR) is 126 cm³/mol. The molecule has 0 saturated carbocycles. The molecule has 2 aromatic carbocycles. The molecule has 34 heavy (non-hydrogen) atoms. The van der Waals surface area contributed by atoms with Gasteiger partial charge in [0.05, 0.1) is 33.4 Å². The number of nitro benzene ring substituents is 1. The summed E-state index contributed by atoms with van der Waals surface area (Å²) >= 11 is 1.15. The maximum absolute atomic E-state index is 13.5. The van der Waals surface area contributed by atoms with E-state index >= 15 is 0 Å². The first kappa shape index (κ1) is 23.1. The number of esters is 1. The molecule has 1 aromatic heterocycles. The Bertz CT molecular complexity index is 1520. The van der Waals surface area contributed by atoms with Crippen LogP contribution in [0.5, 0.6) is 5.75 Å². The summed E-state index contributed by atoms with van der Waals surface area (Å²) in [7, 11) is 0. The summed E-state index contributed by atoms with van der Waals surface area (Å²) in [5, 5.41) is 21.1. The monoisotopic (exact) mass is 479 g/mol. The second kappa shape index (κ2) is 9.06. The second-order valence-corrected chi connectivity index (χ2v) is 8.71. The third-order valence-electron chi connectivity index (χ3n) is 5.45. The summed E-state index contributed by atoms with van der Waals surface area (Å²) in [5.74, 6) is -0.529. The number of phenols is 1. The minimum absolute atomic E-state index is 0.106. The number of allylic oxidation sites excluding steroid dienone is 1. The van der Waals surface area contributed by atoms with Gasteiger partial charge in [0, 0.05) is 11.6 Å². The number of fused-ring (bicyclic) bond motifs is 1. The summed E-state index contributed by atoms with van der Waals surface area (Å²) in [6.45, 7) is 5.07. The van der Waals surface area contributed by atoms with Crippen LogP contribution in [0.3, 0.4) is 0 Å². The highest BCUT2D eigenvalue weighted by Crippen LogP contribution is 2.33. The first-order valence-electron chi connectivity index (χ1n) is 10.4. The van der Waals surface area contributed by atoms with Gasteiger partial charge >= 0.3 is 5.97 Å². The number of hydrogen-bond donors (Lipinski definition) is 1. The first-order valence-corrected chi connectivity index (χ1v) is 11.3. The number of phenolic OH excluding ortho intramolecular Hbond substituents is 1. The molecule has 1 atom stereocenters. The Hall–Kier alpha value is -4.05. The first-order chi connectivity index (χ1) is 16.2. The molecular weight excluding hydrogens is 458 g/mol. The van der Waals surface area contributed by atoms with Crippen molar-refractivity contribution in [2.45, 2.75) is 26.8 Å². The van der Waals surface area contributed by atoms with Crippen molar-refractivity contribution in [1.82, 2.24) is 4.57 Å². The van der Waals surface area contributed by atoms with E-state index in [-0.39, 0.29) is 29.2 Å². The molecule has 4 rings (SSSR count). The van der Waals surface area contributed by atoms with Gasteiger partial charge in [-0.05, 0) is 50.1 Å². The SMILES string of the molecule is CCOC(=O)C1=C(C)N=c2s/c(=C/c3ccc(O)cc3)c(=O)n2[C@H]1c1ccc(C)c([N+](=O)[O-])c1. The fourth-order valence-electron chi connectivity index (χ4n) is 3.82. The minimum atomic E-state index is -0.934. The van der Waals surface area contributed by atoms with Crippen molar-refractivity contribution in [1.29, 1.82) is 0 Å². The lowest BCUT2D eigenvalue weighted by molar-refractivity contribution is -0.385. The number of hydrogen-bond acceptors (Lipinski definition) is 8. The standard InChI is InChI=1S/C24H21N3O6S/c1-4-33-23(30)20-14(3)25-24-26(21(20)16-8-5-13(2)18(12-16)27(31)32)22(29)19(34-24)11-15-6-9-17(28)10-7-15/h5-12,21,28H,4H2,1-3H3/b19-11+/t21-/m0/s1. The van der Waals surface area contributed by atoms with E-state index in [2.05, 4.69) is 4.99 Å². The predicted octanol–water partition coefficient (Wildman–Crippen LogP) is 2.72. The van der Waals surface area contributed by atoms with Crippen LogP contribution in [0.4, 0.5) is 5.69 Å². The Kier molecular flexibility index (Phi) is 6.16. The van der Waals surface area contributed by atoms with Crippen molar-refractivity contribution in [2.24, 2.45) is 4.99 Å². The van der Waals surface area contributed by atoms with E-state index in [0.29, 0.717) is 31.7 Å².